The molecule has 0 saturated carbocycles. The lowest BCUT2D eigenvalue weighted by atomic mass is 9.95. The van der Waals surface area contributed by atoms with Crippen LogP contribution in [-0.4, -0.2) is 30.2 Å². The maximum atomic E-state index is 15.4. The Labute approximate surface area is 354 Å². The second-order valence-electron chi connectivity index (χ2n) is 12.9. The predicted octanol–water partition coefficient (Wildman–Crippen LogP) is 9.22. The number of halogens is 3. The van der Waals surface area contributed by atoms with Gasteiger partial charge in [-0.1, -0.05) is 13.8 Å². The van der Waals surface area contributed by atoms with Gasteiger partial charge in [0.2, 0.25) is 17.3 Å². The summed E-state index contributed by atoms with van der Waals surface area (Å²) in [6.45, 7) is 21.0. The van der Waals surface area contributed by atoms with Crippen LogP contribution < -0.4 is 20.6 Å². The van der Waals surface area contributed by atoms with Crippen LogP contribution in [0.3, 0.4) is 0 Å². The minimum absolute atomic E-state index is 0.0218. The Hall–Kier alpha value is -9.21. The van der Waals surface area contributed by atoms with Gasteiger partial charge in [0.05, 0.1) is 46.5 Å². The molecule has 1 atom stereocenters. The number of nitro groups is 2. The average molecular weight is 859 g/mol. The first kappa shape index (κ1) is 46.5. The maximum absolute atomic E-state index is 15.4. The fourth-order valence-electron chi connectivity index (χ4n) is 5.32. The van der Waals surface area contributed by atoms with Crippen LogP contribution in [0.25, 0.3) is 9.69 Å². The molecular formula is C42H29F3N10O8. The Morgan fingerprint density at radius 2 is 1.22 bits per heavy atom. The third-order valence-corrected chi connectivity index (χ3v) is 8.59. The number of nitriles is 2. The molecule has 21 heteroatoms. The van der Waals surface area contributed by atoms with Crippen molar-refractivity contribution in [1.82, 2.24) is 20.4 Å². The monoisotopic (exact) mass is 858 g/mol. The summed E-state index contributed by atoms with van der Waals surface area (Å²) in [6, 6.07) is 18.0. The molecule has 2 aromatic heterocycles. The molecule has 2 heterocycles. The molecule has 0 aliphatic heterocycles. The number of aryl methyl sites for hydroxylation is 3. The summed E-state index contributed by atoms with van der Waals surface area (Å²) < 4.78 is 52.9. The number of rotatable bonds is 9. The molecule has 1 unspecified atom stereocenters. The van der Waals surface area contributed by atoms with Crippen LogP contribution in [-0.2, 0) is 6.42 Å². The molecule has 0 aliphatic rings. The molecular weight excluding hydrogens is 830 g/mol. The van der Waals surface area contributed by atoms with Gasteiger partial charge in [-0.25, -0.2) is 28.7 Å². The minimum atomic E-state index is -1.53. The number of benzene rings is 4. The zero-order valence-electron chi connectivity index (χ0n) is 33.2. The van der Waals surface area contributed by atoms with E-state index in [-0.39, 0.29) is 50.7 Å². The SMILES string of the molecule is CCc1cc(C)c(=O)[nH]n1.[C-]#[N+]c1cc(C#N)cc(Oc2c([N+](=O)[O-])ccc(C(C)c3cc(C)c(=O)[nH]n3)c2F)c1.[C-]#[N+]c1cc(C#N)cc(Oc2c([N+](=O)[O-])ccc(F)c2F)c1. The van der Waals surface area contributed by atoms with E-state index in [9.17, 15) is 38.6 Å². The molecule has 4 aromatic carbocycles. The molecule has 6 aromatic rings. The highest BCUT2D eigenvalue weighted by Gasteiger charge is 2.28. The van der Waals surface area contributed by atoms with Gasteiger partial charge in [-0.05, 0) is 80.9 Å². The van der Waals surface area contributed by atoms with Gasteiger partial charge in [-0.2, -0.15) is 25.1 Å². The summed E-state index contributed by atoms with van der Waals surface area (Å²) in [6.07, 6.45) is 0.859. The van der Waals surface area contributed by atoms with E-state index in [0.717, 1.165) is 41.9 Å². The molecule has 0 radical (unpaired) electrons. The van der Waals surface area contributed by atoms with Gasteiger partial charge >= 0.3 is 11.4 Å². The number of nitrogens with one attached hydrogen (secondary N) is 2. The molecule has 0 saturated heterocycles. The largest absolute Gasteiger partial charge is 0.448 e. The van der Waals surface area contributed by atoms with Crippen molar-refractivity contribution in [1.29, 1.82) is 10.5 Å². The van der Waals surface area contributed by atoms with Crippen LogP contribution in [0.4, 0.5) is 35.9 Å². The Kier molecular flexibility index (Phi) is 15.2. The highest BCUT2D eigenvalue weighted by atomic mass is 19.2. The van der Waals surface area contributed by atoms with Gasteiger partial charge in [0.1, 0.15) is 11.5 Å². The van der Waals surface area contributed by atoms with Gasteiger partial charge in [-0.3, -0.25) is 29.8 Å². The summed E-state index contributed by atoms with van der Waals surface area (Å²) >= 11 is 0. The highest BCUT2D eigenvalue weighted by Crippen LogP contribution is 2.40. The Bertz CT molecular complexity index is 2990. The second-order valence-corrected chi connectivity index (χ2v) is 12.9. The lowest BCUT2D eigenvalue weighted by Crippen LogP contribution is -2.15. The van der Waals surface area contributed by atoms with Crippen LogP contribution in [0.15, 0.2) is 82.4 Å². The number of nitro benzene ring substituents is 2. The summed E-state index contributed by atoms with van der Waals surface area (Å²) in [5.41, 5.74) is 0.805. The molecule has 63 heavy (non-hydrogen) atoms. The Morgan fingerprint density at radius 1 is 0.746 bits per heavy atom. The van der Waals surface area contributed by atoms with Crippen molar-refractivity contribution in [3.05, 3.63) is 193 Å². The molecule has 0 spiro atoms. The zero-order valence-corrected chi connectivity index (χ0v) is 33.2. The molecule has 0 amide bonds. The molecule has 2 N–H and O–H groups in total. The predicted molar refractivity (Wildman–Crippen MR) is 217 cm³/mol. The smallest absolute Gasteiger partial charge is 0.314 e. The second kappa shape index (κ2) is 20.7. The fraction of sp³-hybridized carbons (Fsp3) is 0.143. The number of aromatic nitrogens is 4. The van der Waals surface area contributed by atoms with Crippen LogP contribution >= 0.6 is 0 Å². The van der Waals surface area contributed by atoms with Crippen LogP contribution in [0, 0.1) is 87.3 Å². The van der Waals surface area contributed by atoms with E-state index in [0.29, 0.717) is 17.3 Å². The van der Waals surface area contributed by atoms with Crippen molar-refractivity contribution in [3.8, 4) is 35.1 Å². The lowest BCUT2D eigenvalue weighted by Gasteiger charge is -2.15. The first-order valence-electron chi connectivity index (χ1n) is 17.9. The van der Waals surface area contributed by atoms with E-state index in [1.807, 2.05) is 13.0 Å². The molecule has 0 bridgehead atoms. The van der Waals surface area contributed by atoms with Gasteiger partial charge in [-0.15, -0.1) is 0 Å². The van der Waals surface area contributed by atoms with E-state index >= 15 is 4.39 Å². The normalized spacial score (nSPS) is 10.5. The van der Waals surface area contributed by atoms with Gasteiger partial charge < -0.3 is 9.47 Å². The first-order chi connectivity index (χ1) is 29.9. The third kappa shape index (κ3) is 11.5. The van der Waals surface area contributed by atoms with Gasteiger partial charge in [0.25, 0.3) is 11.1 Å². The Morgan fingerprint density at radius 3 is 1.67 bits per heavy atom. The van der Waals surface area contributed by atoms with Crippen LogP contribution in [0.5, 0.6) is 23.0 Å². The van der Waals surface area contributed by atoms with Crippen molar-refractivity contribution in [2.45, 2.75) is 40.0 Å². The van der Waals surface area contributed by atoms with E-state index in [4.69, 9.17) is 33.1 Å². The molecule has 316 valence electrons. The quantitative estimate of drug-likeness (QED) is 0.0784. The third-order valence-electron chi connectivity index (χ3n) is 8.59. The number of H-pyrrole nitrogens is 2. The topological polar surface area (TPSA) is 253 Å². The highest BCUT2D eigenvalue weighted by molar-refractivity contribution is 5.59. The number of aromatic amines is 2. The zero-order chi connectivity index (χ0) is 46.5. The van der Waals surface area contributed by atoms with E-state index < -0.39 is 56.1 Å². The summed E-state index contributed by atoms with van der Waals surface area (Å²) in [5.74, 6) is -6.34. The van der Waals surface area contributed by atoms with Crippen molar-refractivity contribution >= 4 is 22.7 Å². The summed E-state index contributed by atoms with van der Waals surface area (Å²) in [5, 5.41) is 52.7. The molecule has 18 nitrogen and oxygen atoms in total. The lowest BCUT2D eigenvalue weighted by molar-refractivity contribution is -0.386. The van der Waals surface area contributed by atoms with Crippen LogP contribution in [0.1, 0.15) is 59.0 Å². The molecule has 6 rings (SSSR count). The number of hydrogen-bond donors (Lipinski definition) is 2. The first-order valence-corrected chi connectivity index (χ1v) is 17.9. The van der Waals surface area contributed by atoms with E-state index in [1.54, 1.807) is 32.9 Å². The molecule has 0 fully saturated rings. The van der Waals surface area contributed by atoms with Gasteiger partial charge in [0.15, 0.2) is 23.0 Å². The van der Waals surface area contributed by atoms with E-state index in [1.165, 1.54) is 36.4 Å². The average Bonchev–Trinajstić information content (AvgIpc) is 3.27. The van der Waals surface area contributed by atoms with Crippen molar-refractivity contribution in [2.24, 2.45) is 0 Å². The fourth-order valence-corrected chi connectivity index (χ4v) is 5.32. The molecule has 0 aliphatic carbocycles. The van der Waals surface area contributed by atoms with Crippen molar-refractivity contribution in [3.63, 3.8) is 0 Å². The minimum Gasteiger partial charge on any atom is -0.448 e. The van der Waals surface area contributed by atoms with Crippen LogP contribution in [0.2, 0.25) is 0 Å². The van der Waals surface area contributed by atoms with Crippen molar-refractivity contribution in [2.75, 3.05) is 0 Å². The standard InChI is InChI=1S/C21H14FN5O4.C14H5F2N3O3.C7H10N2O/c1-11-6-17(25-26-21(11)28)12(2)16-4-5-18(27(29)30)20(19(16)22)31-15-8-13(10-23)7-14(9-15)24-3;1-18-9-4-8(7-17)5-10(6-9)22-14-12(19(20)21)3-2-11(15)13(14)16;1-3-6-4-5(2)7(10)9-8-6/h4-9,12H,1-2H3,(H,26,28);2-6H;4H,3H2,1-2H3,(H,9,10). The summed E-state index contributed by atoms with van der Waals surface area (Å²) in [4.78, 5) is 49.2. The number of nitrogens with zero attached hydrogens (tertiary/aromatic N) is 8. The van der Waals surface area contributed by atoms with Crippen molar-refractivity contribution < 1.29 is 32.5 Å². The van der Waals surface area contributed by atoms with E-state index in [2.05, 4.69) is 30.1 Å². The number of hydrogen-bond acceptors (Lipinski definition) is 12. The Balaban J connectivity index is 0.000000235. The summed E-state index contributed by atoms with van der Waals surface area (Å²) in [7, 11) is 0. The van der Waals surface area contributed by atoms with Gasteiger partial charge in [0, 0.05) is 45.9 Å². The number of ether oxygens (including phenoxy) is 2. The maximum Gasteiger partial charge on any atom is 0.314 e.